The fourth-order valence-electron chi connectivity index (χ4n) is 4.07. The van der Waals surface area contributed by atoms with Gasteiger partial charge in [-0.3, -0.25) is 9.69 Å². The summed E-state index contributed by atoms with van der Waals surface area (Å²) < 4.78 is 5.95. The number of para-hydroxylation sites is 1. The highest BCUT2D eigenvalue weighted by atomic mass is 32.2. The van der Waals surface area contributed by atoms with Gasteiger partial charge >= 0.3 is 0 Å². The average molecular weight is 505 g/mol. The summed E-state index contributed by atoms with van der Waals surface area (Å²) in [4.78, 5) is 20.7. The normalized spacial score (nSPS) is 15.5. The molecule has 5 rings (SSSR count). The van der Waals surface area contributed by atoms with Crippen molar-refractivity contribution in [3.05, 3.63) is 136 Å². The lowest BCUT2D eigenvalue weighted by Gasteiger charge is -2.15. The third-order valence-corrected chi connectivity index (χ3v) is 7.01. The Kier molecular flexibility index (Phi) is 7.82. The predicted molar refractivity (Wildman–Crippen MR) is 153 cm³/mol. The number of hydrogen-bond donors (Lipinski definition) is 0. The minimum Gasteiger partial charge on any atom is -0.489 e. The zero-order valence-electron chi connectivity index (χ0n) is 20.7. The van der Waals surface area contributed by atoms with Crippen LogP contribution in [0.15, 0.2) is 119 Å². The highest BCUT2D eigenvalue weighted by Crippen LogP contribution is 2.34. The van der Waals surface area contributed by atoms with Gasteiger partial charge in [0, 0.05) is 6.54 Å². The van der Waals surface area contributed by atoms with Crippen LogP contribution in [0.4, 0.5) is 5.69 Å². The number of benzene rings is 4. The first-order valence-corrected chi connectivity index (χ1v) is 13.1. The number of nitrogens with zero attached hydrogens (tertiary/aromatic N) is 2. The zero-order valence-corrected chi connectivity index (χ0v) is 21.5. The average Bonchev–Trinajstić information content (AvgIpc) is 3.21. The van der Waals surface area contributed by atoms with Crippen LogP contribution in [-0.2, 0) is 17.8 Å². The molecule has 37 heavy (non-hydrogen) atoms. The van der Waals surface area contributed by atoms with Crippen LogP contribution in [0.1, 0.15) is 22.3 Å². The molecule has 0 spiro atoms. The predicted octanol–water partition coefficient (Wildman–Crippen LogP) is 7.42. The summed E-state index contributed by atoms with van der Waals surface area (Å²) in [6.07, 6.45) is 2.70. The Balaban J connectivity index is 1.31. The van der Waals surface area contributed by atoms with E-state index in [1.54, 1.807) is 4.90 Å². The highest BCUT2D eigenvalue weighted by Gasteiger charge is 2.33. The second kappa shape index (κ2) is 11.8. The number of carbonyl (C=O) groups is 1. The van der Waals surface area contributed by atoms with E-state index < -0.39 is 0 Å². The summed E-state index contributed by atoms with van der Waals surface area (Å²) in [7, 11) is 0. The fourth-order valence-corrected chi connectivity index (χ4v) is 5.09. The molecular weight excluding hydrogens is 476 g/mol. The SMILES string of the molecule is Cc1cccc(COc2ccc(/C=C3/SC(=Nc4ccccc4)N(CCc4ccccc4)C3=O)cc2)c1. The lowest BCUT2D eigenvalue weighted by atomic mass is 10.1. The summed E-state index contributed by atoms with van der Waals surface area (Å²) in [5.41, 5.74) is 5.33. The van der Waals surface area contributed by atoms with Crippen molar-refractivity contribution >= 4 is 34.6 Å². The maximum absolute atomic E-state index is 13.4. The third kappa shape index (κ3) is 6.57. The van der Waals surface area contributed by atoms with Crippen molar-refractivity contribution in [1.82, 2.24) is 4.90 Å². The van der Waals surface area contributed by atoms with E-state index in [0.717, 1.165) is 29.0 Å². The molecule has 1 fully saturated rings. The Morgan fingerprint density at radius 3 is 2.27 bits per heavy atom. The van der Waals surface area contributed by atoms with E-state index in [1.807, 2.05) is 84.9 Å². The van der Waals surface area contributed by atoms with Gasteiger partial charge in [0.15, 0.2) is 5.17 Å². The molecule has 1 amide bonds. The summed E-state index contributed by atoms with van der Waals surface area (Å²) in [5, 5.41) is 0.705. The number of hydrogen-bond acceptors (Lipinski definition) is 4. The van der Waals surface area contributed by atoms with Crippen LogP contribution in [0.2, 0.25) is 0 Å². The molecule has 0 aromatic heterocycles. The second-order valence-corrected chi connectivity index (χ2v) is 9.89. The number of aryl methyl sites for hydroxylation is 1. The molecular formula is C32H28N2O2S. The number of amidine groups is 1. The topological polar surface area (TPSA) is 41.9 Å². The molecule has 1 aliphatic heterocycles. The first-order chi connectivity index (χ1) is 18.1. The minimum absolute atomic E-state index is 0.0182. The van der Waals surface area contributed by atoms with Gasteiger partial charge in [-0.2, -0.15) is 0 Å². The monoisotopic (exact) mass is 504 g/mol. The van der Waals surface area contributed by atoms with Crippen LogP contribution < -0.4 is 4.74 Å². The molecule has 0 saturated carbocycles. The Labute approximate surface area is 222 Å². The lowest BCUT2D eigenvalue weighted by molar-refractivity contribution is -0.122. The van der Waals surface area contributed by atoms with Crippen molar-refractivity contribution in [3.63, 3.8) is 0 Å². The van der Waals surface area contributed by atoms with E-state index in [1.165, 1.54) is 22.9 Å². The van der Waals surface area contributed by atoms with Crippen LogP contribution in [0.25, 0.3) is 6.08 Å². The molecule has 0 radical (unpaired) electrons. The number of thioether (sulfide) groups is 1. The Morgan fingerprint density at radius 2 is 1.54 bits per heavy atom. The van der Waals surface area contributed by atoms with Gasteiger partial charge in [0.2, 0.25) is 0 Å². The van der Waals surface area contributed by atoms with Crippen molar-refractivity contribution in [2.24, 2.45) is 4.99 Å². The molecule has 0 N–H and O–H groups in total. The van der Waals surface area contributed by atoms with E-state index in [-0.39, 0.29) is 5.91 Å². The van der Waals surface area contributed by atoms with Crippen LogP contribution >= 0.6 is 11.8 Å². The van der Waals surface area contributed by atoms with Crippen LogP contribution in [-0.4, -0.2) is 22.5 Å². The third-order valence-electron chi connectivity index (χ3n) is 6.00. The maximum Gasteiger partial charge on any atom is 0.266 e. The summed E-state index contributed by atoms with van der Waals surface area (Å²) in [6.45, 7) is 3.17. The molecule has 0 unspecified atom stereocenters. The summed E-state index contributed by atoms with van der Waals surface area (Å²) in [5.74, 6) is 0.778. The standard InChI is InChI=1S/C32H28N2O2S/c1-24-9-8-12-27(21-24)23-36-29-17-15-26(16-18-29)22-30-31(35)34(20-19-25-10-4-2-5-11-25)32(37-30)33-28-13-6-3-7-14-28/h2-18,21-22H,19-20,23H2,1H3/b30-22+,33-32?. The van der Waals surface area contributed by atoms with Crippen LogP contribution in [0.3, 0.4) is 0 Å². The van der Waals surface area contributed by atoms with Gasteiger partial charge in [0.25, 0.3) is 5.91 Å². The van der Waals surface area contributed by atoms with Crippen molar-refractivity contribution < 1.29 is 9.53 Å². The van der Waals surface area contributed by atoms with Gasteiger partial charge in [-0.15, -0.1) is 0 Å². The van der Waals surface area contributed by atoms with Crippen molar-refractivity contribution in [3.8, 4) is 5.75 Å². The second-order valence-electron chi connectivity index (χ2n) is 8.88. The highest BCUT2D eigenvalue weighted by molar-refractivity contribution is 8.18. The summed E-state index contributed by atoms with van der Waals surface area (Å²) in [6, 6.07) is 36.1. The fraction of sp³-hybridized carbons (Fsp3) is 0.125. The number of amides is 1. The smallest absolute Gasteiger partial charge is 0.266 e. The van der Waals surface area contributed by atoms with Gasteiger partial charge in [-0.1, -0.05) is 90.5 Å². The largest absolute Gasteiger partial charge is 0.489 e. The molecule has 0 bridgehead atoms. The van der Waals surface area contributed by atoms with E-state index >= 15 is 0 Å². The van der Waals surface area contributed by atoms with Crippen molar-refractivity contribution in [1.29, 1.82) is 0 Å². The summed E-state index contributed by atoms with van der Waals surface area (Å²) >= 11 is 1.42. The zero-order chi connectivity index (χ0) is 25.5. The van der Waals surface area contributed by atoms with E-state index in [2.05, 4.69) is 37.3 Å². The van der Waals surface area contributed by atoms with E-state index in [0.29, 0.717) is 23.2 Å². The van der Waals surface area contributed by atoms with Gasteiger partial charge in [0.05, 0.1) is 10.6 Å². The van der Waals surface area contributed by atoms with Gasteiger partial charge in [0.1, 0.15) is 12.4 Å². The molecule has 4 nitrogen and oxygen atoms in total. The minimum atomic E-state index is -0.0182. The first kappa shape index (κ1) is 24.6. The molecule has 4 aromatic carbocycles. The quantitative estimate of drug-likeness (QED) is 0.235. The molecule has 1 saturated heterocycles. The number of aliphatic imine (C=N–C) groups is 1. The molecule has 0 aliphatic carbocycles. The van der Waals surface area contributed by atoms with Gasteiger partial charge < -0.3 is 4.74 Å². The van der Waals surface area contributed by atoms with Gasteiger partial charge in [-0.25, -0.2) is 4.99 Å². The molecule has 184 valence electrons. The lowest BCUT2D eigenvalue weighted by Crippen LogP contribution is -2.31. The van der Waals surface area contributed by atoms with Crippen LogP contribution in [0, 0.1) is 6.92 Å². The number of ether oxygens (including phenoxy) is 1. The Morgan fingerprint density at radius 1 is 0.838 bits per heavy atom. The van der Waals surface area contributed by atoms with Crippen molar-refractivity contribution in [2.75, 3.05) is 6.54 Å². The molecule has 4 aromatic rings. The Hall–Kier alpha value is -4.09. The maximum atomic E-state index is 13.4. The first-order valence-electron chi connectivity index (χ1n) is 12.3. The molecule has 0 atom stereocenters. The van der Waals surface area contributed by atoms with Gasteiger partial charge in [-0.05, 0) is 72.1 Å². The molecule has 5 heteroatoms. The van der Waals surface area contributed by atoms with Crippen molar-refractivity contribution in [2.45, 2.75) is 20.0 Å². The van der Waals surface area contributed by atoms with Crippen LogP contribution in [0.5, 0.6) is 5.75 Å². The number of rotatable bonds is 8. The van der Waals surface area contributed by atoms with E-state index in [9.17, 15) is 4.79 Å². The molecule has 1 aliphatic rings. The molecule has 1 heterocycles. The van der Waals surface area contributed by atoms with E-state index in [4.69, 9.17) is 9.73 Å². The number of carbonyl (C=O) groups excluding carboxylic acids is 1. The Bertz CT molecular complexity index is 1410.